The molecule has 1 atom stereocenters. The lowest BCUT2D eigenvalue weighted by molar-refractivity contribution is 0.283. The van der Waals surface area contributed by atoms with Gasteiger partial charge in [0.1, 0.15) is 22.5 Å². The van der Waals surface area contributed by atoms with Gasteiger partial charge in [-0.3, -0.25) is 0 Å². The molecule has 0 aliphatic carbocycles. The Kier molecular flexibility index (Phi) is 6.53. The molecule has 1 aromatic heterocycles. The van der Waals surface area contributed by atoms with Gasteiger partial charge in [0.2, 0.25) is 0 Å². The van der Waals surface area contributed by atoms with Gasteiger partial charge in [-0.15, -0.1) is 15.0 Å². The number of nitrogens with zero attached hydrogens (tertiary/aromatic N) is 3. The van der Waals surface area contributed by atoms with Crippen molar-refractivity contribution in [2.75, 3.05) is 4.43 Å². The molecule has 0 radical (unpaired) electrons. The minimum absolute atomic E-state index is 0.106. The number of rotatable bonds is 6. The van der Waals surface area contributed by atoms with E-state index in [2.05, 4.69) is 101 Å². The van der Waals surface area contributed by atoms with Crippen LogP contribution in [0.2, 0.25) is 0 Å². The van der Waals surface area contributed by atoms with Crippen molar-refractivity contribution in [1.82, 2.24) is 15.0 Å². The zero-order valence-electron chi connectivity index (χ0n) is 20.9. The summed E-state index contributed by atoms with van der Waals surface area (Å²) >= 11 is 2.43. The normalized spacial score (nSPS) is 14.3. The standard InChI is InChI=1S/C29H34IN3O/c1-27(2,3)18-28(4,5)21-16-22(29(6,19-30)20-12-8-7-9-13-20)26(34)25(17-21)33-31-23-14-10-11-15-24(23)32-33/h7-17,34H,18-19H2,1-6H3. The van der Waals surface area contributed by atoms with Crippen molar-refractivity contribution in [2.24, 2.45) is 5.41 Å². The number of hydrogen-bond donors (Lipinski definition) is 1. The van der Waals surface area contributed by atoms with E-state index in [1.807, 2.05) is 30.3 Å². The Labute approximate surface area is 216 Å². The molecule has 178 valence electrons. The van der Waals surface area contributed by atoms with Gasteiger partial charge in [-0.25, -0.2) is 0 Å². The van der Waals surface area contributed by atoms with Crippen LogP contribution in [0.25, 0.3) is 16.7 Å². The van der Waals surface area contributed by atoms with Gasteiger partial charge in [-0.2, -0.15) is 0 Å². The molecule has 0 aliphatic heterocycles. The summed E-state index contributed by atoms with van der Waals surface area (Å²) in [6, 6.07) is 22.5. The Bertz CT molecular complexity index is 1270. The van der Waals surface area contributed by atoms with Gasteiger partial charge in [0.05, 0.1) is 0 Å². The topological polar surface area (TPSA) is 50.9 Å². The molecular formula is C29H34IN3O. The Morgan fingerprint density at radius 1 is 0.794 bits per heavy atom. The maximum absolute atomic E-state index is 11.7. The van der Waals surface area contributed by atoms with Gasteiger partial charge < -0.3 is 5.11 Å². The van der Waals surface area contributed by atoms with Crippen molar-refractivity contribution in [3.8, 4) is 11.4 Å². The summed E-state index contributed by atoms with van der Waals surface area (Å²) in [6.45, 7) is 13.6. The zero-order chi connectivity index (χ0) is 24.7. The van der Waals surface area contributed by atoms with Crippen LogP contribution in [0.4, 0.5) is 0 Å². The second kappa shape index (κ2) is 8.99. The number of benzene rings is 3. The third-order valence-electron chi connectivity index (χ3n) is 6.62. The average molecular weight is 568 g/mol. The van der Waals surface area contributed by atoms with Gasteiger partial charge in [-0.1, -0.05) is 113 Å². The number of aromatic hydroxyl groups is 1. The summed E-state index contributed by atoms with van der Waals surface area (Å²) in [7, 11) is 0. The fourth-order valence-electron chi connectivity index (χ4n) is 5.09. The number of fused-ring (bicyclic) bond motifs is 1. The van der Waals surface area contributed by atoms with Crippen LogP contribution in [0.5, 0.6) is 5.75 Å². The van der Waals surface area contributed by atoms with Crippen LogP contribution in [0.3, 0.4) is 0 Å². The molecule has 3 aromatic carbocycles. The molecule has 0 spiro atoms. The van der Waals surface area contributed by atoms with E-state index in [4.69, 9.17) is 10.2 Å². The SMILES string of the molecule is CC(C)(C)CC(C)(C)c1cc(-n2nc3ccccc3n2)c(O)c(C(C)(CI)c2ccccc2)c1. The minimum atomic E-state index is -0.374. The van der Waals surface area contributed by atoms with Crippen molar-refractivity contribution in [1.29, 1.82) is 0 Å². The Hall–Kier alpha value is -2.41. The third-order valence-corrected chi connectivity index (χ3v) is 8.14. The van der Waals surface area contributed by atoms with Gasteiger partial charge in [0.25, 0.3) is 0 Å². The lowest BCUT2D eigenvalue weighted by atomic mass is 9.70. The third kappa shape index (κ3) is 4.72. The molecule has 1 N–H and O–H groups in total. The highest BCUT2D eigenvalue weighted by Gasteiger charge is 2.35. The molecule has 4 rings (SSSR count). The van der Waals surface area contributed by atoms with Crippen LogP contribution in [0.1, 0.15) is 64.7 Å². The zero-order valence-corrected chi connectivity index (χ0v) is 23.1. The molecule has 4 aromatic rings. The highest BCUT2D eigenvalue weighted by atomic mass is 127. The molecule has 5 heteroatoms. The van der Waals surface area contributed by atoms with Crippen LogP contribution >= 0.6 is 22.6 Å². The highest BCUT2D eigenvalue weighted by Crippen LogP contribution is 2.45. The molecular weight excluding hydrogens is 533 g/mol. The van der Waals surface area contributed by atoms with Crippen molar-refractivity contribution in [3.05, 3.63) is 83.4 Å². The molecule has 4 nitrogen and oxygen atoms in total. The summed E-state index contributed by atoms with van der Waals surface area (Å²) in [6.07, 6.45) is 1.00. The Balaban J connectivity index is 2.00. The summed E-state index contributed by atoms with van der Waals surface area (Å²) < 4.78 is 0.819. The second-order valence-electron chi connectivity index (χ2n) is 11.3. The second-order valence-corrected chi connectivity index (χ2v) is 12.1. The van der Waals surface area contributed by atoms with E-state index in [0.29, 0.717) is 5.69 Å². The summed E-state index contributed by atoms with van der Waals surface area (Å²) in [4.78, 5) is 1.60. The van der Waals surface area contributed by atoms with Crippen molar-refractivity contribution in [3.63, 3.8) is 0 Å². The molecule has 1 heterocycles. The molecule has 0 aliphatic rings. The summed E-state index contributed by atoms with van der Waals surface area (Å²) in [5.41, 5.74) is 5.18. The lowest BCUT2D eigenvalue weighted by Gasteiger charge is -2.36. The molecule has 0 bridgehead atoms. The number of aromatic nitrogens is 3. The maximum atomic E-state index is 11.7. The number of alkyl halides is 1. The quantitative estimate of drug-likeness (QED) is 0.193. The number of halogens is 1. The first kappa shape index (κ1) is 24.7. The molecule has 0 saturated heterocycles. The molecule has 0 amide bonds. The van der Waals surface area contributed by atoms with E-state index in [0.717, 1.165) is 27.4 Å². The molecule has 34 heavy (non-hydrogen) atoms. The highest BCUT2D eigenvalue weighted by molar-refractivity contribution is 14.1. The number of phenolic OH excluding ortho intramolecular Hbond substituents is 1. The van der Waals surface area contributed by atoms with Crippen LogP contribution < -0.4 is 0 Å². The number of hydrogen-bond acceptors (Lipinski definition) is 3. The molecule has 1 unspecified atom stereocenters. The summed E-state index contributed by atoms with van der Waals surface area (Å²) in [5, 5.41) is 21.1. The first-order valence-corrected chi connectivity index (χ1v) is 13.3. The van der Waals surface area contributed by atoms with Gasteiger partial charge >= 0.3 is 0 Å². The largest absolute Gasteiger partial charge is 0.505 e. The van der Waals surface area contributed by atoms with E-state index in [1.54, 1.807) is 4.80 Å². The average Bonchev–Trinajstić information content (AvgIpc) is 3.21. The number of phenols is 1. The fourth-order valence-corrected chi connectivity index (χ4v) is 5.94. The maximum Gasteiger partial charge on any atom is 0.147 e. The first-order valence-electron chi connectivity index (χ1n) is 11.8. The first-order chi connectivity index (χ1) is 15.9. The molecule has 0 saturated carbocycles. The van der Waals surface area contributed by atoms with Gasteiger partial charge in [-0.05, 0) is 46.6 Å². The predicted octanol–water partition coefficient (Wildman–Crippen LogP) is 7.58. The monoisotopic (exact) mass is 567 g/mol. The van der Waals surface area contributed by atoms with E-state index < -0.39 is 0 Å². The smallest absolute Gasteiger partial charge is 0.147 e. The van der Waals surface area contributed by atoms with Gasteiger partial charge in [0, 0.05) is 15.4 Å². The van der Waals surface area contributed by atoms with E-state index >= 15 is 0 Å². The van der Waals surface area contributed by atoms with Crippen LogP contribution in [0.15, 0.2) is 66.7 Å². The van der Waals surface area contributed by atoms with E-state index in [1.165, 1.54) is 11.1 Å². The van der Waals surface area contributed by atoms with E-state index in [9.17, 15) is 5.11 Å². The Morgan fingerprint density at radius 2 is 1.35 bits per heavy atom. The van der Waals surface area contributed by atoms with Crippen molar-refractivity contribution < 1.29 is 5.11 Å². The Morgan fingerprint density at radius 3 is 1.88 bits per heavy atom. The van der Waals surface area contributed by atoms with Crippen LogP contribution in [-0.4, -0.2) is 24.5 Å². The minimum Gasteiger partial charge on any atom is -0.505 e. The molecule has 0 fully saturated rings. The van der Waals surface area contributed by atoms with E-state index in [-0.39, 0.29) is 22.0 Å². The lowest BCUT2D eigenvalue weighted by Crippen LogP contribution is -2.29. The van der Waals surface area contributed by atoms with Crippen LogP contribution in [0, 0.1) is 5.41 Å². The fraction of sp³-hybridized carbons (Fsp3) is 0.379. The van der Waals surface area contributed by atoms with Gasteiger partial charge in [0.15, 0.2) is 0 Å². The van der Waals surface area contributed by atoms with Crippen molar-refractivity contribution in [2.45, 2.75) is 58.8 Å². The predicted molar refractivity (Wildman–Crippen MR) is 149 cm³/mol. The summed E-state index contributed by atoms with van der Waals surface area (Å²) in [5.74, 6) is 0.235. The van der Waals surface area contributed by atoms with Crippen molar-refractivity contribution >= 4 is 33.6 Å². The van der Waals surface area contributed by atoms with Crippen LogP contribution in [-0.2, 0) is 10.8 Å².